The maximum absolute atomic E-state index is 5.68. The average molecular weight is 303 g/mol. The molecule has 0 atom stereocenters. The Morgan fingerprint density at radius 2 is 2.14 bits per heavy atom. The van der Waals surface area contributed by atoms with E-state index in [4.69, 9.17) is 20.9 Å². The first kappa shape index (κ1) is 13.5. The summed E-state index contributed by atoms with van der Waals surface area (Å²) in [4.78, 5) is 4.08. The molecule has 0 saturated heterocycles. The van der Waals surface area contributed by atoms with Gasteiger partial charge < -0.3 is 9.26 Å². The molecular weight excluding hydrogens is 292 g/mol. The summed E-state index contributed by atoms with van der Waals surface area (Å²) in [5, 5.41) is 11.9. The van der Waals surface area contributed by atoms with Crippen LogP contribution in [0.4, 0.5) is 0 Å². The number of nitrogens with zero attached hydrogens (tertiary/aromatic N) is 4. The lowest BCUT2D eigenvalue weighted by Gasteiger charge is -2.05. The zero-order valence-electron chi connectivity index (χ0n) is 11.2. The zero-order valence-corrected chi connectivity index (χ0v) is 11.9. The first-order valence-electron chi connectivity index (χ1n) is 6.21. The molecule has 3 heterocycles. The van der Waals surface area contributed by atoms with E-state index in [-0.39, 0.29) is 6.61 Å². The lowest BCUT2D eigenvalue weighted by Crippen LogP contribution is -2.00. The van der Waals surface area contributed by atoms with Gasteiger partial charge in [-0.3, -0.25) is 4.98 Å². The van der Waals surface area contributed by atoms with Crippen molar-refractivity contribution in [1.82, 2.24) is 20.3 Å². The van der Waals surface area contributed by atoms with E-state index in [0.717, 1.165) is 11.1 Å². The summed E-state index contributed by atoms with van der Waals surface area (Å²) < 4.78 is 10.8. The zero-order chi connectivity index (χ0) is 14.7. The Morgan fingerprint density at radius 3 is 2.86 bits per heavy atom. The summed E-state index contributed by atoms with van der Waals surface area (Å²) in [5.41, 5.74) is 2.43. The van der Waals surface area contributed by atoms with Crippen LogP contribution in [0.2, 0.25) is 5.15 Å². The largest absolute Gasteiger partial charge is 0.472 e. The molecule has 0 aliphatic rings. The lowest BCUT2D eigenvalue weighted by molar-refractivity contribution is 0.287. The van der Waals surface area contributed by atoms with Crippen LogP contribution < -0.4 is 4.74 Å². The minimum absolute atomic E-state index is 0.274. The highest BCUT2D eigenvalue weighted by Gasteiger charge is 2.15. The van der Waals surface area contributed by atoms with Gasteiger partial charge in [-0.25, -0.2) is 0 Å². The van der Waals surface area contributed by atoms with Crippen molar-refractivity contribution in [2.24, 2.45) is 0 Å². The second-order valence-corrected chi connectivity index (χ2v) is 4.68. The summed E-state index contributed by atoms with van der Waals surface area (Å²) in [5.74, 6) is 1.08. The maximum Gasteiger partial charge on any atom is 0.233 e. The number of hydrogen-bond donors (Lipinski definition) is 0. The molecule has 7 heteroatoms. The van der Waals surface area contributed by atoms with E-state index in [9.17, 15) is 0 Å². The third kappa shape index (κ3) is 3.00. The van der Waals surface area contributed by atoms with Crippen LogP contribution in [0.1, 0.15) is 11.3 Å². The lowest BCUT2D eigenvalue weighted by atomic mass is 10.1. The molecule has 0 aliphatic carbocycles. The number of rotatable bonds is 4. The van der Waals surface area contributed by atoms with Gasteiger partial charge in [-0.1, -0.05) is 16.8 Å². The molecule has 0 aromatic carbocycles. The van der Waals surface area contributed by atoms with Crippen molar-refractivity contribution in [2.75, 3.05) is 0 Å². The number of aromatic nitrogens is 4. The fourth-order valence-electron chi connectivity index (χ4n) is 1.82. The molecule has 0 bridgehead atoms. The van der Waals surface area contributed by atoms with Gasteiger partial charge in [-0.15, -0.1) is 10.2 Å². The molecule has 0 amide bonds. The molecule has 0 aliphatic heterocycles. The Kier molecular flexibility index (Phi) is 3.79. The van der Waals surface area contributed by atoms with Gasteiger partial charge in [0.15, 0.2) is 5.15 Å². The summed E-state index contributed by atoms with van der Waals surface area (Å²) in [7, 11) is 0. The van der Waals surface area contributed by atoms with Gasteiger partial charge in [0, 0.05) is 24.0 Å². The van der Waals surface area contributed by atoms with Crippen LogP contribution in [0.3, 0.4) is 0 Å². The van der Waals surface area contributed by atoms with Crippen LogP contribution in [0.15, 0.2) is 41.2 Å². The average Bonchev–Trinajstić information content (AvgIpc) is 2.89. The molecule has 0 unspecified atom stereocenters. The normalized spacial score (nSPS) is 10.6. The molecule has 0 radical (unpaired) electrons. The third-order valence-corrected chi connectivity index (χ3v) is 3.09. The van der Waals surface area contributed by atoms with Crippen LogP contribution in [0.5, 0.6) is 5.88 Å². The second kappa shape index (κ2) is 5.88. The van der Waals surface area contributed by atoms with Gasteiger partial charge in [0.05, 0.1) is 5.56 Å². The molecular formula is C14H11ClN4O2. The van der Waals surface area contributed by atoms with Crippen LogP contribution >= 0.6 is 11.6 Å². The monoisotopic (exact) mass is 302 g/mol. The van der Waals surface area contributed by atoms with Crippen molar-refractivity contribution in [3.8, 4) is 17.1 Å². The highest BCUT2D eigenvalue weighted by Crippen LogP contribution is 2.25. The van der Waals surface area contributed by atoms with Gasteiger partial charge in [-0.2, -0.15) is 0 Å². The van der Waals surface area contributed by atoms with Gasteiger partial charge in [0.1, 0.15) is 18.1 Å². The third-order valence-electron chi connectivity index (χ3n) is 2.89. The first-order chi connectivity index (χ1) is 10.2. The van der Waals surface area contributed by atoms with Crippen molar-refractivity contribution in [1.29, 1.82) is 0 Å². The van der Waals surface area contributed by atoms with Crippen LogP contribution in [-0.2, 0) is 6.61 Å². The quantitative estimate of drug-likeness (QED) is 0.737. The first-order valence-corrected chi connectivity index (χ1v) is 6.59. The Hall–Kier alpha value is -2.47. The molecule has 0 spiro atoms. The maximum atomic E-state index is 5.68. The van der Waals surface area contributed by atoms with Gasteiger partial charge in [0.25, 0.3) is 0 Å². The minimum Gasteiger partial charge on any atom is -0.472 e. The van der Waals surface area contributed by atoms with E-state index in [0.29, 0.717) is 22.5 Å². The Labute approximate surface area is 125 Å². The molecule has 0 fully saturated rings. The van der Waals surface area contributed by atoms with Crippen molar-refractivity contribution in [3.05, 3.63) is 53.1 Å². The van der Waals surface area contributed by atoms with E-state index in [1.54, 1.807) is 24.5 Å². The fourth-order valence-corrected chi connectivity index (χ4v) is 1.92. The van der Waals surface area contributed by atoms with Crippen molar-refractivity contribution < 1.29 is 9.26 Å². The SMILES string of the molecule is Cc1onc(-c2cccnc2)c1COc1ccc(Cl)nn1. The van der Waals surface area contributed by atoms with Crippen LogP contribution in [0.25, 0.3) is 11.3 Å². The van der Waals surface area contributed by atoms with Crippen molar-refractivity contribution in [2.45, 2.75) is 13.5 Å². The summed E-state index contributed by atoms with van der Waals surface area (Å²) >= 11 is 5.68. The summed E-state index contributed by atoms with van der Waals surface area (Å²) in [6.45, 7) is 2.11. The predicted octanol–water partition coefficient (Wildman–Crippen LogP) is 3.07. The highest BCUT2D eigenvalue weighted by molar-refractivity contribution is 6.29. The molecule has 3 aromatic heterocycles. The van der Waals surface area contributed by atoms with Gasteiger partial charge in [0.2, 0.25) is 5.88 Å². The summed E-state index contributed by atoms with van der Waals surface area (Å²) in [6, 6.07) is 7.03. The predicted molar refractivity (Wildman–Crippen MR) is 75.8 cm³/mol. The molecule has 3 aromatic rings. The van der Waals surface area contributed by atoms with E-state index in [1.807, 2.05) is 19.1 Å². The molecule has 21 heavy (non-hydrogen) atoms. The van der Waals surface area contributed by atoms with E-state index < -0.39 is 0 Å². The molecule has 106 valence electrons. The molecule has 3 rings (SSSR count). The number of ether oxygens (including phenoxy) is 1. The smallest absolute Gasteiger partial charge is 0.233 e. The van der Waals surface area contributed by atoms with Gasteiger partial charge >= 0.3 is 0 Å². The molecule has 6 nitrogen and oxygen atoms in total. The van der Waals surface area contributed by atoms with E-state index in [1.165, 1.54) is 0 Å². The Balaban J connectivity index is 1.82. The number of hydrogen-bond acceptors (Lipinski definition) is 6. The van der Waals surface area contributed by atoms with Crippen molar-refractivity contribution in [3.63, 3.8) is 0 Å². The topological polar surface area (TPSA) is 73.9 Å². The van der Waals surface area contributed by atoms with E-state index in [2.05, 4.69) is 20.3 Å². The van der Waals surface area contributed by atoms with Crippen LogP contribution in [-0.4, -0.2) is 20.3 Å². The Bertz CT molecular complexity index is 728. The minimum atomic E-state index is 0.274. The number of halogens is 1. The number of aryl methyl sites for hydroxylation is 1. The standard InChI is InChI=1S/C14H11ClN4O2/c1-9-11(8-20-13-5-4-12(15)17-18-13)14(19-21-9)10-3-2-6-16-7-10/h2-7H,8H2,1H3. The van der Waals surface area contributed by atoms with Crippen molar-refractivity contribution >= 4 is 11.6 Å². The van der Waals surface area contributed by atoms with Crippen LogP contribution in [0, 0.1) is 6.92 Å². The fraction of sp³-hybridized carbons (Fsp3) is 0.143. The Morgan fingerprint density at radius 1 is 1.24 bits per heavy atom. The molecule has 0 saturated carbocycles. The second-order valence-electron chi connectivity index (χ2n) is 4.29. The number of pyridine rings is 1. The van der Waals surface area contributed by atoms with Gasteiger partial charge in [-0.05, 0) is 25.1 Å². The molecule has 0 N–H and O–H groups in total. The summed E-state index contributed by atoms with van der Waals surface area (Å²) in [6.07, 6.45) is 3.43. The highest BCUT2D eigenvalue weighted by atomic mass is 35.5. The van der Waals surface area contributed by atoms with E-state index >= 15 is 0 Å².